The summed E-state index contributed by atoms with van der Waals surface area (Å²) in [4.78, 5) is 16.5. The van der Waals surface area contributed by atoms with Crippen LogP contribution in [0.1, 0.15) is 23.6 Å². The standard InChI is InChI=1S/C18H13F2N3O/c19-12-4-1-3-11(7-12)15-9-16(24)22-18-17(15)21-10-23(18)14-6-2-5-13(20)8-14/h1-8,10,15H,9H2,(H,22,24)/t15-/m0/s1. The van der Waals surface area contributed by atoms with Crippen molar-refractivity contribution in [2.75, 3.05) is 5.32 Å². The zero-order valence-corrected chi connectivity index (χ0v) is 12.5. The van der Waals surface area contributed by atoms with Crippen LogP contribution in [0.5, 0.6) is 0 Å². The highest BCUT2D eigenvalue weighted by molar-refractivity contribution is 5.94. The molecule has 1 atom stereocenters. The van der Waals surface area contributed by atoms with Crippen molar-refractivity contribution in [3.8, 4) is 5.69 Å². The fourth-order valence-corrected chi connectivity index (χ4v) is 3.03. The van der Waals surface area contributed by atoms with Crippen LogP contribution in [0, 0.1) is 11.6 Å². The largest absolute Gasteiger partial charge is 0.310 e. The van der Waals surface area contributed by atoms with E-state index < -0.39 is 0 Å². The molecule has 0 bridgehead atoms. The van der Waals surface area contributed by atoms with Crippen LogP contribution >= 0.6 is 0 Å². The average Bonchev–Trinajstić information content (AvgIpc) is 2.97. The Kier molecular flexibility index (Phi) is 3.37. The third-order valence-corrected chi connectivity index (χ3v) is 4.11. The molecule has 2 heterocycles. The first-order chi connectivity index (χ1) is 11.6. The summed E-state index contributed by atoms with van der Waals surface area (Å²) in [6.07, 6.45) is 1.73. The van der Waals surface area contributed by atoms with E-state index in [0.29, 0.717) is 22.8 Å². The SMILES string of the molecule is O=C1C[C@@H](c2cccc(F)c2)c2ncn(-c3cccc(F)c3)c2N1. The van der Waals surface area contributed by atoms with Crippen molar-refractivity contribution in [2.45, 2.75) is 12.3 Å². The molecule has 1 aliphatic heterocycles. The molecule has 6 heteroatoms. The first-order valence-corrected chi connectivity index (χ1v) is 7.50. The zero-order chi connectivity index (χ0) is 16.7. The lowest BCUT2D eigenvalue weighted by atomic mass is 9.90. The zero-order valence-electron chi connectivity index (χ0n) is 12.5. The molecule has 0 unspecified atom stereocenters. The monoisotopic (exact) mass is 325 g/mol. The predicted octanol–water partition coefficient (Wildman–Crippen LogP) is 3.62. The van der Waals surface area contributed by atoms with Crippen LogP contribution < -0.4 is 5.32 Å². The Morgan fingerprint density at radius 1 is 1.08 bits per heavy atom. The molecule has 4 nitrogen and oxygen atoms in total. The summed E-state index contributed by atoms with van der Waals surface area (Å²) < 4.78 is 28.7. The predicted molar refractivity (Wildman–Crippen MR) is 85.0 cm³/mol. The van der Waals surface area contributed by atoms with Gasteiger partial charge in [-0.05, 0) is 35.9 Å². The van der Waals surface area contributed by atoms with Crippen LogP contribution in [0.3, 0.4) is 0 Å². The first-order valence-electron chi connectivity index (χ1n) is 7.50. The maximum atomic E-state index is 13.5. The number of hydrogen-bond acceptors (Lipinski definition) is 2. The topological polar surface area (TPSA) is 46.9 Å². The van der Waals surface area contributed by atoms with Gasteiger partial charge in [0, 0.05) is 12.3 Å². The third kappa shape index (κ3) is 2.46. The minimum Gasteiger partial charge on any atom is -0.310 e. The summed E-state index contributed by atoms with van der Waals surface area (Å²) in [6, 6.07) is 12.2. The molecular formula is C18H13F2N3O. The fraction of sp³-hybridized carbons (Fsp3) is 0.111. The van der Waals surface area contributed by atoms with Gasteiger partial charge in [0.1, 0.15) is 23.8 Å². The highest BCUT2D eigenvalue weighted by Gasteiger charge is 2.31. The quantitative estimate of drug-likeness (QED) is 0.782. The first kappa shape index (κ1) is 14.6. The van der Waals surface area contributed by atoms with Crippen LogP contribution in [0.25, 0.3) is 5.69 Å². The molecule has 0 aliphatic carbocycles. The van der Waals surface area contributed by atoms with Gasteiger partial charge in [-0.3, -0.25) is 9.36 Å². The van der Waals surface area contributed by atoms with Crippen LogP contribution in [-0.4, -0.2) is 15.5 Å². The smallest absolute Gasteiger partial charge is 0.226 e. The van der Waals surface area contributed by atoms with Gasteiger partial charge < -0.3 is 5.32 Å². The van der Waals surface area contributed by atoms with Crippen molar-refractivity contribution in [3.63, 3.8) is 0 Å². The van der Waals surface area contributed by atoms with E-state index in [1.165, 1.54) is 30.6 Å². The Balaban J connectivity index is 1.83. The molecule has 1 amide bonds. The highest BCUT2D eigenvalue weighted by Crippen LogP contribution is 2.37. The number of carbonyl (C=O) groups excluding carboxylic acids is 1. The number of nitrogens with one attached hydrogen (secondary N) is 1. The Morgan fingerprint density at radius 2 is 1.83 bits per heavy atom. The number of rotatable bonds is 2. The van der Waals surface area contributed by atoms with E-state index in [1.54, 1.807) is 28.8 Å². The van der Waals surface area contributed by atoms with Gasteiger partial charge in [0.2, 0.25) is 5.91 Å². The summed E-state index contributed by atoms with van der Waals surface area (Å²) in [6.45, 7) is 0. The van der Waals surface area contributed by atoms with E-state index in [9.17, 15) is 13.6 Å². The number of halogens is 2. The minimum atomic E-state index is -0.376. The number of carbonyl (C=O) groups is 1. The number of aromatic nitrogens is 2. The van der Waals surface area contributed by atoms with E-state index >= 15 is 0 Å². The lowest BCUT2D eigenvalue weighted by Gasteiger charge is -2.23. The number of benzene rings is 2. The molecule has 0 saturated heterocycles. The maximum absolute atomic E-state index is 13.5. The number of hydrogen-bond donors (Lipinski definition) is 1. The lowest BCUT2D eigenvalue weighted by molar-refractivity contribution is -0.116. The van der Waals surface area contributed by atoms with E-state index in [4.69, 9.17) is 0 Å². The van der Waals surface area contributed by atoms with Crippen LogP contribution in [0.4, 0.5) is 14.6 Å². The van der Waals surface area contributed by atoms with Crippen molar-refractivity contribution < 1.29 is 13.6 Å². The third-order valence-electron chi connectivity index (χ3n) is 4.11. The molecule has 0 spiro atoms. The Hall–Kier alpha value is -3.02. The second-order valence-electron chi connectivity index (χ2n) is 5.69. The van der Waals surface area contributed by atoms with E-state index in [0.717, 1.165) is 0 Å². The molecule has 0 fully saturated rings. The lowest BCUT2D eigenvalue weighted by Crippen LogP contribution is -2.25. The summed E-state index contributed by atoms with van der Waals surface area (Å²) in [5.74, 6) is -0.761. The summed E-state index contributed by atoms with van der Waals surface area (Å²) in [7, 11) is 0. The van der Waals surface area contributed by atoms with Crippen molar-refractivity contribution in [1.29, 1.82) is 0 Å². The number of fused-ring (bicyclic) bond motifs is 1. The summed E-state index contributed by atoms with van der Waals surface area (Å²) in [5, 5.41) is 2.79. The fourth-order valence-electron chi connectivity index (χ4n) is 3.03. The molecule has 24 heavy (non-hydrogen) atoms. The second-order valence-corrected chi connectivity index (χ2v) is 5.69. The van der Waals surface area contributed by atoms with Gasteiger partial charge in [0.25, 0.3) is 0 Å². The van der Waals surface area contributed by atoms with Crippen LogP contribution in [0.2, 0.25) is 0 Å². The van der Waals surface area contributed by atoms with Gasteiger partial charge >= 0.3 is 0 Å². The van der Waals surface area contributed by atoms with Gasteiger partial charge in [0.05, 0.1) is 11.4 Å². The molecule has 1 N–H and O–H groups in total. The van der Waals surface area contributed by atoms with E-state index in [-0.39, 0.29) is 29.9 Å². The van der Waals surface area contributed by atoms with Crippen LogP contribution in [-0.2, 0) is 4.79 Å². The Bertz CT molecular complexity index is 936. The van der Waals surface area contributed by atoms with Gasteiger partial charge in [-0.15, -0.1) is 0 Å². The molecule has 0 saturated carbocycles. The van der Waals surface area contributed by atoms with E-state index in [2.05, 4.69) is 10.3 Å². The molecule has 4 rings (SSSR count). The molecule has 120 valence electrons. The second kappa shape index (κ2) is 5.56. The minimum absolute atomic E-state index is 0.185. The average molecular weight is 325 g/mol. The van der Waals surface area contributed by atoms with E-state index in [1.807, 2.05) is 0 Å². The number of imidazole rings is 1. The highest BCUT2D eigenvalue weighted by atomic mass is 19.1. The molecule has 1 aliphatic rings. The van der Waals surface area contributed by atoms with Gasteiger partial charge in [-0.25, -0.2) is 13.8 Å². The van der Waals surface area contributed by atoms with Crippen molar-refractivity contribution in [3.05, 3.63) is 77.8 Å². The molecular weight excluding hydrogens is 312 g/mol. The molecule has 3 aromatic rings. The summed E-state index contributed by atoms with van der Waals surface area (Å²) in [5.41, 5.74) is 1.89. The Morgan fingerprint density at radius 3 is 2.58 bits per heavy atom. The Labute approximate surface area is 136 Å². The molecule has 0 radical (unpaired) electrons. The van der Waals surface area contributed by atoms with Gasteiger partial charge in [-0.1, -0.05) is 18.2 Å². The van der Waals surface area contributed by atoms with Crippen molar-refractivity contribution >= 4 is 11.7 Å². The normalized spacial score (nSPS) is 16.6. The number of amides is 1. The number of anilines is 1. The molecule has 2 aromatic carbocycles. The molecule has 1 aromatic heterocycles. The summed E-state index contributed by atoms with van der Waals surface area (Å²) >= 11 is 0. The number of nitrogens with zero attached hydrogens (tertiary/aromatic N) is 2. The maximum Gasteiger partial charge on any atom is 0.226 e. The van der Waals surface area contributed by atoms with Crippen molar-refractivity contribution in [2.24, 2.45) is 0 Å². The van der Waals surface area contributed by atoms with Gasteiger partial charge in [-0.2, -0.15) is 0 Å². The van der Waals surface area contributed by atoms with Crippen LogP contribution in [0.15, 0.2) is 54.9 Å². The van der Waals surface area contributed by atoms with Crippen molar-refractivity contribution in [1.82, 2.24) is 9.55 Å². The van der Waals surface area contributed by atoms with Gasteiger partial charge in [0.15, 0.2) is 0 Å².